The lowest BCUT2D eigenvalue weighted by Gasteiger charge is -2.07. The van der Waals surface area contributed by atoms with Crippen LogP contribution in [0.15, 0.2) is 17.0 Å². The van der Waals surface area contributed by atoms with Crippen LogP contribution in [0.1, 0.15) is 41.0 Å². The molecule has 0 aliphatic rings. The van der Waals surface area contributed by atoms with Gasteiger partial charge in [0.15, 0.2) is 0 Å². The molecule has 24 heavy (non-hydrogen) atoms. The van der Waals surface area contributed by atoms with Gasteiger partial charge in [-0.25, -0.2) is 4.98 Å². The smallest absolute Gasteiger partial charge is 0.262 e. The Hall–Kier alpha value is -2.39. The number of aryl methyl sites for hydroxylation is 2. The zero-order chi connectivity index (χ0) is 17.7. The minimum atomic E-state index is -0.370. The molecule has 2 aromatic rings. The first-order valence-corrected chi connectivity index (χ1v) is 8.82. The van der Waals surface area contributed by atoms with Gasteiger partial charge in [-0.05, 0) is 44.9 Å². The number of carbonyl (C=O) groups excluding carboxylic acids is 1. The fourth-order valence-corrected chi connectivity index (χ4v) is 3.29. The summed E-state index contributed by atoms with van der Waals surface area (Å²) in [6, 6.07) is 4.02. The van der Waals surface area contributed by atoms with Crippen molar-refractivity contribution >= 4 is 23.3 Å². The lowest BCUT2D eigenvalue weighted by Crippen LogP contribution is -2.23. The molecular weight excluding hydrogens is 320 g/mol. The summed E-state index contributed by atoms with van der Waals surface area (Å²) in [6.45, 7) is 9.36. The van der Waals surface area contributed by atoms with E-state index in [4.69, 9.17) is 0 Å². The molecule has 2 aromatic heterocycles. The van der Waals surface area contributed by atoms with E-state index < -0.39 is 0 Å². The Morgan fingerprint density at radius 3 is 2.79 bits per heavy atom. The number of carbonyl (C=O) groups is 1. The molecule has 126 valence electrons. The predicted octanol–water partition coefficient (Wildman–Crippen LogP) is 3.50. The Morgan fingerprint density at radius 2 is 2.21 bits per heavy atom. The number of hydrogen-bond acceptors (Lipinski definition) is 4. The van der Waals surface area contributed by atoms with Crippen LogP contribution in [0.3, 0.4) is 0 Å². The Kier molecular flexibility index (Phi) is 5.93. The molecule has 0 aliphatic carbocycles. The van der Waals surface area contributed by atoms with Gasteiger partial charge in [0, 0.05) is 29.0 Å². The lowest BCUT2D eigenvalue weighted by molar-refractivity contribution is -0.117. The molecule has 6 heteroatoms. The van der Waals surface area contributed by atoms with Gasteiger partial charge in [0.05, 0.1) is 6.54 Å². The van der Waals surface area contributed by atoms with E-state index in [1.807, 2.05) is 38.3 Å². The number of amides is 1. The van der Waals surface area contributed by atoms with Gasteiger partial charge in [-0.2, -0.15) is 5.26 Å². The highest BCUT2D eigenvalue weighted by atomic mass is 32.1. The molecule has 1 N–H and O–H groups in total. The van der Waals surface area contributed by atoms with Gasteiger partial charge in [0.1, 0.15) is 16.6 Å². The highest BCUT2D eigenvalue weighted by Crippen LogP contribution is 2.19. The number of thiazole rings is 1. The molecule has 0 spiro atoms. The summed E-state index contributed by atoms with van der Waals surface area (Å²) in [5, 5.41) is 14.9. The number of hydrogen-bond donors (Lipinski definition) is 1. The molecule has 0 radical (unpaired) electrons. The van der Waals surface area contributed by atoms with Gasteiger partial charge in [-0.15, -0.1) is 11.3 Å². The van der Waals surface area contributed by atoms with Crippen molar-refractivity contribution in [2.24, 2.45) is 0 Å². The van der Waals surface area contributed by atoms with Crippen LogP contribution < -0.4 is 5.32 Å². The molecule has 0 atom stereocenters. The maximum Gasteiger partial charge on any atom is 0.262 e. The maximum atomic E-state index is 12.3. The average molecular weight is 342 g/mol. The Bertz CT molecular complexity index is 808. The van der Waals surface area contributed by atoms with Gasteiger partial charge < -0.3 is 9.88 Å². The molecule has 0 aromatic carbocycles. The Balaban J connectivity index is 2.15. The van der Waals surface area contributed by atoms with E-state index in [1.165, 1.54) is 11.3 Å². The molecule has 5 nitrogen and oxygen atoms in total. The molecule has 2 heterocycles. The van der Waals surface area contributed by atoms with Crippen LogP contribution in [0.5, 0.6) is 0 Å². The second-order valence-electron chi connectivity index (χ2n) is 5.71. The van der Waals surface area contributed by atoms with E-state index in [9.17, 15) is 10.1 Å². The van der Waals surface area contributed by atoms with E-state index in [2.05, 4.69) is 21.8 Å². The summed E-state index contributed by atoms with van der Waals surface area (Å²) < 4.78 is 2.21. The summed E-state index contributed by atoms with van der Waals surface area (Å²) in [6.07, 6.45) is 2.70. The van der Waals surface area contributed by atoms with Gasteiger partial charge in [0.25, 0.3) is 5.91 Å². The van der Waals surface area contributed by atoms with Crippen molar-refractivity contribution in [3.05, 3.63) is 44.7 Å². The molecule has 0 saturated heterocycles. The highest BCUT2D eigenvalue weighted by Gasteiger charge is 2.13. The van der Waals surface area contributed by atoms with Crippen molar-refractivity contribution < 1.29 is 4.79 Å². The standard InChI is InChI=1S/C18H22N4OS/c1-5-6-22-13(3)7-15(14(22)4)8-16(9-19)18(23)20-10-17-21-12(2)11-24-17/h7-8,11H,5-6,10H2,1-4H3,(H,20,23)/b16-8+. The zero-order valence-corrected chi connectivity index (χ0v) is 15.3. The third-order valence-corrected chi connectivity index (χ3v) is 4.76. The first-order valence-electron chi connectivity index (χ1n) is 7.94. The van der Waals surface area contributed by atoms with Crippen LogP contribution in [0.25, 0.3) is 6.08 Å². The SMILES string of the molecule is CCCn1c(C)cc(/C=C(\C#N)C(=O)NCc2nc(C)cs2)c1C. The van der Waals surface area contributed by atoms with Gasteiger partial charge in [0.2, 0.25) is 0 Å². The second-order valence-corrected chi connectivity index (χ2v) is 6.66. The number of nitrogens with one attached hydrogen (secondary N) is 1. The topological polar surface area (TPSA) is 70.7 Å². The first-order chi connectivity index (χ1) is 11.5. The third kappa shape index (κ3) is 4.12. The van der Waals surface area contributed by atoms with Crippen LogP contribution in [-0.4, -0.2) is 15.5 Å². The fourth-order valence-electron chi connectivity index (χ4n) is 2.58. The number of nitriles is 1. The van der Waals surface area contributed by atoms with Crippen molar-refractivity contribution in [2.75, 3.05) is 0 Å². The largest absolute Gasteiger partial charge is 0.349 e. The molecule has 2 rings (SSSR count). The van der Waals surface area contributed by atoms with Crippen LogP contribution >= 0.6 is 11.3 Å². The Morgan fingerprint density at radius 1 is 1.46 bits per heavy atom. The van der Waals surface area contributed by atoms with E-state index in [0.29, 0.717) is 6.54 Å². The maximum absolute atomic E-state index is 12.3. The minimum Gasteiger partial charge on any atom is -0.349 e. The van der Waals surface area contributed by atoms with Crippen molar-refractivity contribution in [3.63, 3.8) is 0 Å². The summed E-state index contributed by atoms with van der Waals surface area (Å²) in [5.74, 6) is -0.370. The van der Waals surface area contributed by atoms with Crippen LogP contribution in [0.2, 0.25) is 0 Å². The minimum absolute atomic E-state index is 0.111. The third-order valence-electron chi connectivity index (χ3n) is 3.79. The zero-order valence-electron chi connectivity index (χ0n) is 14.5. The molecule has 0 fully saturated rings. The normalized spacial score (nSPS) is 11.4. The number of rotatable bonds is 6. The molecule has 0 unspecified atom stereocenters. The van der Waals surface area contributed by atoms with Gasteiger partial charge in [-0.1, -0.05) is 6.92 Å². The lowest BCUT2D eigenvalue weighted by atomic mass is 10.1. The predicted molar refractivity (Wildman–Crippen MR) is 96.5 cm³/mol. The van der Waals surface area contributed by atoms with E-state index >= 15 is 0 Å². The summed E-state index contributed by atoms with van der Waals surface area (Å²) in [5.41, 5.74) is 4.17. The molecule has 1 amide bonds. The monoisotopic (exact) mass is 342 g/mol. The summed E-state index contributed by atoms with van der Waals surface area (Å²) in [4.78, 5) is 16.6. The summed E-state index contributed by atoms with van der Waals surface area (Å²) in [7, 11) is 0. The van der Waals surface area contributed by atoms with Crippen molar-refractivity contribution in [2.45, 2.75) is 47.2 Å². The van der Waals surface area contributed by atoms with Crippen LogP contribution in [-0.2, 0) is 17.9 Å². The Labute approximate surface area is 146 Å². The van der Waals surface area contributed by atoms with Crippen molar-refractivity contribution in [3.8, 4) is 6.07 Å². The number of nitrogens with zero attached hydrogens (tertiary/aromatic N) is 3. The average Bonchev–Trinajstić information content (AvgIpc) is 3.08. The van der Waals surface area contributed by atoms with E-state index in [-0.39, 0.29) is 11.5 Å². The fraction of sp³-hybridized carbons (Fsp3) is 0.389. The first kappa shape index (κ1) is 18.0. The van der Waals surface area contributed by atoms with Crippen LogP contribution in [0.4, 0.5) is 0 Å². The molecular formula is C18H22N4OS. The molecule has 0 bridgehead atoms. The van der Waals surface area contributed by atoms with Gasteiger partial charge in [-0.3, -0.25) is 4.79 Å². The van der Waals surface area contributed by atoms with Crippen molar-refractivity contribution in [1.29, 1.82) is 5.26 Å². The molecule has 0 aliphatic heterocycles. The van der Waals surface area contributed by atoms with E-state index in [0.717, 1.165) is 40.6 Å². The molecule has 0 saturated carbocycles. The van der Waals surface area contributed by atoms with Crippen LogP contribution in [0, 0.1) is 32.1 Å². The second kappa shape index (κ2) is 7.93. The van der Waals surface area contributed by atoms with E-state index in [1.54, 1.807) is 6.08 Å². The quantitative estimate of drug-likeness (QED) is 0.645. The highest BCUT2D eigenvalue weighted by molar-refractivity contribution is 7.09. The summed E-state index contributed by atoms with van der Waals surface area (Å²) >= 11 is 1.50. The number of aromatic nitrogens is 2. The van der Waals surface area contributed by atoms with Gasteiger partial charge >= 0.3 is 0 Å². The van der Waals surface area contributed by atoms with Crippen molar-refractivity contribution in [1.82, 2.24) is 14.9 Å².